The third kappa shape index (κ3) is 4.24. The molecule has 0 aliphatic heterocycles. The molecule has 1 aromatic rings. The molecule has 4 heteroatoms. The first-order valence-corrected chi connectivity index (χ1v) is 7.91. The topological polar surface area (TPSA) is 38.0 Å². The molecular formula is C17H26F2N2. The van der Waals surface area contributed by atoms with Crippen LogP contribution < -0.4 is 11.3 Å². The number of hydrogen-bond donors (Lipinski definition) is 2. The Kier molecular flexibility index (Phi) is 5.71. The molecule has 1 fully saturated rings. The molecule has 1 saturated carbocycles. The van der Waals surface area contributed by atoms with Crippen molar-refractivity contribution in [2.24, 2.45) is 23.6 Å². The van der Waals surface area contributed by atoms with Crippen LogP contribution in [0.3, 0.4) is 0 Å². The second-order valence-electron chi connectivity index (χ2n) is 6.63. The van der Waals surface area contributed by atoms with Gasteiger partial charge >= 0.3 is 0 Å². The van der Waals surface area contributed by atoms with Crippen LogP contribution in [0.5, 0.6) is 0 Å². The number of nitrogens with one attached hydrogen (secondary N) is 1. The predicted octanol–water partition coefficient (Wildman–Crippen LogP) is 3.80. The second-order valence-corrected chi connectivity index (χ2v) is 6.63. The van der Waals surface area contributed by atoms with Gasteiger partial charge in [-0.25, -0.2) is 8.78 Å². The van der Waals surface area contributed by atoms with Gasteiger partial charge in [0.25, 0.3) is 0 Å². The highest BCUT2D eigenvalue weighted by atomic mass is 19.1. The number of rotatable bonds is 5. The summed E-state index contributed by atoms with van der Waals surface area (Å²) in [7, 11) is 0. The van der Waals surface area contributed by atoms with Gasteiger partial charge < -0.3 is 0 Å². The molecule has 3 N–H and O–H groups in total. The Balaban J connectivity index is 1.99. The van der Waals surface area contributed by atoms with Crippen molar-refractivity contribution in [3.8, 4) is 0 Å². The summed E-state index contributed by atoms with van der Waals surface area (Å²) in [6, 6.07) is 3.62. The molecule has 0 radical (unpaired) electrons. The van der Waals surface area contributed by atoms with Crippen molar-refractivity contribution in [2.75, 3.05) is 0 Å². The summed E-state index contributed by atoms with van der Waals surface area (Å²) in [4.78, 5) is 0. The summed E-state index contributed by atoms with van der Waals surface area (Å²) in [6.07, 6.45) is 5.05. The molecule has 1 unspecified atom stereocenters. The van der Waals surface area contributed by atoms with E-state index >= 15 is 0 Å². The van der Waals surface area contributed by atoms with Gasteiger partial charge in [0.15, 0.2) is 0 Å². The lowest BCUT2D eigenvalue weighted by molar-refractivity contribution is 0.187. The fourth-order valence-electron chi connectivity index (χ4n) is 3.51. The van der Waals surface area contributed by atoms with Gasteiger partial charge in [-0.2, -0.15) is 0 Å². The van der Waals surface area contributed by atoms with Crippen molar-refractivity contribution in [3.05, 3.63) is 35.4 Å². The van der Waals surface area contributed by atoms with Crippen molar-refractivity contribution < 1.29 is 8.78 Å². The molecule has 0 bridgehead atoms. The van der Waals surface area contributed by atoms with Crippen LogP contribution >= 0.6 is 0 Å². The number of benzene rings is 1. The number of hydrogen-bond acceptors (Lipinski definition) is 2. The second kappa shape index (κ2) is 7.32. The quantitative estimate of drug-likeness (QED) is 0.640. The van der Waals surface area contributed by atoms with E-state index < -0.39 is 5.82 Å². The predicted molar refractivity (Wildman–Crippen MR) is 81.5 cm³/mol. The molecule has 118 valence electrons. The molecule has 0 heterocycles. The van der Waals surface area contributed by atoms with E-state index in [0.717, 1.165) is 30.7 Å². The Bertz CT molecular complexity index is 454. The van der Waals surface area contributed by atoms with Crippen molar-refractivity contribution in [1.29, 1.82) is 0 Å². The van der Waals surface area contributed by atoms with Crippen LogP contribution in [0.2, 0.25) is 0 Å². The molecule has 21 heavy (non-hydrogen) atoms. The Labute approximate surface area is 126 Å². The van der Waals surface area contributed by atoms with E-state index in [9.17, 15) is 8.78 Å². The zero-order valence-electron chi connectivity index (χ0n) is 12.9. The monoisotopic (exact) mass is 296 g/mol. The average molecular weight is 296 g/mol. The van der Waals surface area contributed by atoms with E-state index in [1.54, 1.807) is 0 Å². The van der Waals surface area contributed by atoms with Gasteiger partial charge in [0.05, 0.1) is 0 Å². The summed E-state index contributed by atoms with van der Waals surface area (Å²) < 4.78 is 27.0. The summed E-state index contributed by atoms with van der Waals surface area (Å²) >= 11 is 0. The van der Waals surface area contributed by atoms with Gasteiger partial charge in [0.1, 0.15) is 11.6 Å². The SMILES string of the molecule is CC(C)C1CCC(C(Cc2cc(F)ccc2F)NN)CC1. The van der Waals surface area contributed by atoms with Gasteiger partial charge in [-0.3, -0.25) is 11.3 Å². The first-order chi connectivity index (χ1) is 10.0. The highest BCUT2D eigenvalue weighted by Crippen LogP contribution is 2.35. The van der Waals surface area contributed by atoms with Crippen LogP contribution in [0, 0.1) is 29.4 Å². The lowest BCUT2D eigenvalue weighted by atomic mass is 9.74. The van der Waals surface area contributed by atoms with Gasteiger partial charge in [0, 0.05) is 6.04 Å². The van der Waals surface area contributed by atoms with Crippen molar-refractivity contribution in [3.63, 3.8) is 0 Å². The van der Waals surface area contributed by atoms with Crippen molar-refractivity contribution >= 4 is 0 Å². The molecular weight excluding hydrogens is 270 g/mol. The zero-order chi connectivity index (χ0) is 15.4. The van der Waals surface area contributed by atoms with E-state index in [4.69, 9.17) is 5.84 Å². The summed E-state index contributed by atoms with van der Waals surface area (Å²) in [5, 5.41) is 0. The highest BCUT2D eigenvalue weighted by Gasteiger charge is 2.28. The van der Waals surface area contributed by atoms with E-state index in [0.29, 0.717) is 17.9 Å². The van der Waals surface area contributed by atoms with Gasteiger partial charge in [-0.05, 0) is 73.6 Å². The lowest BCUT2D eigenvalue weighted by Crippen LogP contribution is -2.44. The Hall–Kier alpha value is -1.00. The molecule has 1 aliphatic carbocycles. The van der Waals surface area contributed by atoms with Crippen LogP contribution in [0.15, 0.2) is 18.2 Å². The lowest BCUT2D eigenvalue weighted by Gasteiger charge is -2.35. The van der Waals surface area contributed by atoms with Gasteiger partial charge in [0.2, 0.25) is 0 Å². The summed E-state index contributed by atoms with van der Waals surface area (Å²) in [5.41, 5.74) is 3.23. The van der Waals surface area contributed by atoms with Crippen LogP contribution in [0.1, 0.15) is 45.1 Å². The largest absolute Gasteiger partial charge is 0.271 e. The van der Waals surface area contributed by atoms with Crippen LogP contribution in [-0.4, -0.2) is 6.04 Å². The molecule has 0 aromatic heterocycles. The van der Waals surface area contributed by atoms with Gasteiger partial charge in [-0.1, -0.05) is 13.8 Å². The minimum Gasteiger partial charge on any atom is -0.271 e. The van der Waals surface area contributed by atoms with Crippen molar-refractivity contribution in [2.45, 2.75) is 52.0 Å². The minimum absolute atomic E-state index is 0.00872. The molecule has 2 rings (SSSR count). The third-order valence-corrected chi connectivity index (χ3v) is 4.99. The number of nitrogens with two attached hydrogens (primary N) is 1. The Morgan fingerprint density at radius 1 is 1.14 bits per heavy atom. The van der Waals surface area contributed by atoms with Crippen LogP contribution in [-0.2, 0) is 6.42 Å². The molecule has 1 atom stereocenters. The average Bonchev–Trinajstić information content (AvgIpc) is 2.48. The molecule has 2 nitrogen and oxygen atoms in total. The Morgan fingerprint density at radius 2 is 1.76 bits per heavy atom. The van der Waals surface area contributed by atoms with E-state index in [-0.39, 0.29) is 11.9 Å². The van der Waals surface area contributed by atoms with Crippen LogP contribution in [0.4, 0.5) is 8.78 Å². The number of halogens is 2. The first-order valence-electron chi connectivity index (χ1n) is 7.91. The zero-order valence-corrected chi connectivity index (χ0v) is 12.9. The summed E-state index contributed by atoms with van der Waals surface area (Å²) in [5.74, 6) is 6.86. The fourth-order valence-corrected chi connectivity index (χ4v) is 3.51. The number of hydrazine groups is 1. The van der Waals surface area contributed by atoms with Gasteiger partial charge in [-0.15, -0.1) is 0 Å². The van der Waals surface area contributed by atoms with Crippen molar-refractivity contribution in [1.82, 2.24) is 5.43 Å². The van der Waals surface area contributed by atoms with E-state index in [1.807, 2.05) is 0 Å². The maximum absolute atomic E-state index is 13.8. The molecule has 1 aliphatic rings. The third-order valence-electron chi connectivity index (χ3n) is 4.99. The maximum atomic E-state index is 13.8. The fraction of sp³-hybridized carbons (Fsp3) is 0.647. The van der Waals surface area contributed by atoms with E-state index in [2.05, 4.69) is 19.3 Å². The molecule has 1 aromatic carbocycles. The maximum Gasteiger partial charge on any atom is 0.126 e. The highest BCUT2D eigenvalue weighted by molar-refractivity contribution is 5.20. The normalized spacial score (nSPS) is 24.3. The standard InChI is InChI=1S/C17H26F2N2/c1-11(2)12-3-5-13(6-4-12)17(21-20)10-14-9-15(18)7-8-16(14)19/h7-9,11-13,17,21H,3-6,10,20H2,1-2H3. The smallest absolute Gasteiger partial charge is 0.126 e. The first kappa shape index (κ1) is 16.4. The molecule has 0 spiro atoms. The van der Waals surface area contributed by atoms with Crippen LogP contribution in [0.25, 0.3) is 0 Å². The molecule has 0 amide bonds. The Morgan fingerprint density at radius 3 is 2.33 bits per heavy atom. The van der Waals surface area contributed by atoms with E-state index in [1.165, 1.54) is 25.0 Å². The molecule has 0 saturated heterocycles. The summed E-state index contributed by atoms with van der Waals surface area (Å²) in [6.45, 7) is 4.54. The minimum atomic E-state index is -0.398.